The van der Waals surface area contributed by atoms with Crippen LogP contribution in [0.3, 0.4) is 0 Å². The number of nitrogens with zero attached hydrogens (tertiary/aromatic N) is 1. The highest BCUT2D eigenvalue weighted by molar-refractivity contribution is 7.03. The first-order valence-corrected chi connectivity index (χ1v) is 5.10. The molecule has 0 aliphatic carbocycles. The van der Waals surface area contributed by atoms with Crippen molar-refractivity contribution in [3.05, 3.63) is 30.9 Å². The first kappa shape index (κ1) is 13.1. The van der Waals surface area contributed by atoms with Gasteiger partial charge in [0, 0.05) is 12.4 Å². The Labute approximate surface area is 87.1 Å². The second-order valence-electron chi connectivity index (χ2n) is 2.98. The summed E-state index contributed by atoms with van der Waals surface area (Å²) in [5.74, 6) is 0. The highest BCUT2D eigenvalue weighted by atomic mass is 19.1. The molecule has 0 atom stereocenters. The fraction of sp³-hybridized carbons (Fsp3) is 0.375. The second-order valence-corrected chi connectivity index (χ2v) is 2.98. The molecule has 6 heteroatoms. The molecule has 0 aromatic carbocycles. The van der Waals surface area contributed by atoms with Gasteiger partial charge in [-0.15, -0.1) is 6.22 Å². The Bertz CT molecular complexity index is 187. The van der Waals surface area contributed by atoms with Gasteiger partial charge >= 0.3 is 0 Å². The number of halogens is 1. The Morgan fingerprint density at radius 2 is 2.36 bits per heavy atom. The fourth-order valence-electron chi connectivity index (χ4n) is 0.967. The lowest BCUT2D eigenvalue weighted by atomic mass is 9.32. The van der Waals surface area contributed by atoms with Crippen molar-refractivity contribution in [2.24, 2.45) is 0 Å². The largest absolute Gasteiger partial charge is 0.286 e. The van der Waals surface area contributed by atoms with Gasteiger partial charge in [0.1, 0.15) is 7.28 Å². The standard InChI is InChI=1S/C5H12B3F.C3H4N2/c1-6-5-8-7-3-2-4-9;1-2-4-5-3-1/h2,4,6-8H,3,5H2,1H3;1-3H,(H,4,5). The molecular formula is C8H16B3FN2. The molecule has 1 aromatic rings. The van der Waals surface area contributed by atoms with Gasteiger partial charge in [-0.2, -0.15) is 5.10 Å². The summed E-state index contributed by atoms with van der Waals surface area (Å²) >= 11 is 0. The fourth-order valence-corrected chi connectivity index (χ4v) is 0.967. The van der Waals surface area contributed by atoms with E-state index >= 15 is 0 Å². The van der Waals surface area contributed by atoms with Gasteiger partial charge in [-0.1, -0.05) is 19.2 Å². The molecule has 0 spiro atoms. The zero-order valence-electron chi connectivity index (χ0n) is 8.75. The van der Waals surface area contributed by atoms with Crippen molar-refractivity contribution in [2.75, 3.05) is 0 Å². The van der Waals surface area contributed by atoms with Gasteiger partial charge in [0.25, 0.3) is 0 Å². The molecule has 0 amide bonds. The Hall–Kier alpha value is -0.925. The van der Waals surface area contributed by atoms with Crippen molar-refractivity contribution in [1.82, 2.24) is 10.2 Å². The summed E-state index contributed by atoms with van der Waals surface area (Å²) in [4.78, 5) is 0. The van der Waals surface area contributed by atoms with Gasteiger partial charge in [-0.05, 0) is 6.07 Å². The second kappa shape index (κ2) is 12.1. The van der Waals surface area contributed by atoms with E-state index in [1.54, 1.807) is 18.5 Å². The smallest absolute Gasteiger partial charge is 0.109 e. The normalized spacial score (nSPS) is 9.00. The molecule has 1 heterocycles. The number of H-pyrrole nitrogens is 1. The Morgan fingerprint density at radius 3 is 2.79 bits per heavy atom. The molecule has 0 fully saturated rings. The third kappa shape index (κ3) is 11.1. The lowest BCUT2D eigenvalue weighted by Crippen LogP contribution is -2.03. The number of hydrogen-bond acceptors (Lipinski definition) is 1. The Balaban J connectivity index is 0.000000280. The van der Waals surface area contributed by atoms with Crippen molar-refractivity contribution in [2.45, 2.75) is 19.4 Å². The molecule has 74 valence electrons. The van der Waals surface area contributed by atoms with E-state index in [4.69, 9.17) is 0 Å². The van der Waals surface area contributed by atoms with Crippen LogP contribution in [0.1, 0.15) is 0 Å². The van der Waals surface area contributed by atoms with Crippen LogP contribution in [0.4, 0.5) is 4.39 Å². The van der Waals surface area contributed by atoms with E-state index < -0.39 is 0 Å². The highest BCUT2D eigenvalue weighted by Crippen LogP contribution is 1.83. The summed E-state index contributed by atoms with van der Waals surface area (Å²) in [6.07, 6.45) is 7.85. The minimum Gasteiger partial charge on any atom is -0.286 e. The molecule has 2 nitrogen and oxygen atoms in total. The van der Waals surface area contributed by atoms with Crippen LogP contribution in [0.2, 0.25) is 19.4 Å². The maximum atomic E-state index is 11.3. The first-order chi connectivity index (χ1) is 6.91. The quantitative estimate of drug-likeness (QED) is 0.545. The number of rotatable bonds is 5. The Kier molecular flexibility index (Phi) is 11.3. The van der Waals surface area contributed by atoms with Crippen LogP contribution in [-0.4, -0.2) is 31.8 Å². The third-order valence-corrected chi connectivity index (χ3v) is 1.72. The van der Waals surface area contributed by atoms with Crippen molar-refractivity contribution in [3.8, 4) is 0 Å². The molecule has 0 aliphatic rings. The number of aromatic nitrogens is 2. The molecule has 0 bridgehead atoms. The number of nitrogens with one attached hydrogen (secondary N) is 1. The SMILES string of the molecule is CBCBBCC=CF.c1cn[nH]c1. The number of aromatic amines is 1. The van der Waals surface area contributed by atoms with Gasteiger partial charge in [0.2, 0.25) is 0 Å². The monoisotopic (exact) mass is 192 g/mol. The van der Waals surface area contributed by atoms with E-state index in [1.807, 2.05) is 6.07 Å². The topological polar surface area (TPSA) is 28.7 Å². The van der Waals surface area contributed by atoms with E-state index in [2.05, 4.69) is 17.0 Å². The lowest BCUT2D eigenvalue weighted by Gasteiger charge is -1.86. The molecule has 0 aliphatic heterocycles. The number of hydrogen-bond donors (Lipinski definition) is 1. The zero-order chi connectivity index (χ0) is 10.5. The molecule has 0 saturated heterocycles. The average Bonchev–Trinajstić information content (AvgIpc) is 2.76. The Morgan fingerprint density at radius 1 is 1.50 bits per heavy atom. The van der Waals surface area contributed by atoms with Gasteiger partial charge in [0.05, 0.1) is 20.7 Å². The minimum absolute atomic E-state index is 0.631. The molecule has 14 heavy (non-hydrogen) atoms. The van der Waals surface area contributed by atoms with Gasteiger partial charge in [0.15, 0.2) is 0 Å². The van der Waals surface area contributed by atoms with Crippen LogP contribution in [0, 0.1) is 0 Å². The number of allylic oxidation sites excluding steroid dienone is 1. The molecule has 1 aromatic heterocycles. The van der Waals surface area contributed by atoms with Crippen LogP contribution in [0.25, 0.3) is 0 Å². The van der Waals surface area contributed by atoms with Gasteiger partial charge in [-0.3, -0.25) is 5.10 Å². The van der Waals surface area contributed by atoms with Crippen LogP contribution in [0.15, 0.2) is 30.9 Å². The summed E-state index contributed by atoms with van der Waals surface area (Å²) in [7, 11) is 3.62. The van der Waals surface area contributed by atoms with Gasteiger partial charge < -0.3 is 0 Å². The summed E-state index contributed by atoms with van der Waals surface area (Å²) in [5, 5.41) is 6.21. The molecule has 0 saturated carbocycles. The molecule has 1 N–H and O–H groups in total. The van der Waals surface area contributed by atoms with E-state index in [0.717, 1.165) is 13.5 Å². The van der Waals surface area contributed by atoms with Crippen LogP contribution in [0.5, 0.6) is 0 Å². The van der Waals surface area contributed by atoms with Crippen molar-refractivity contribution in [3.63, 3.8) is 0 Å². The molecule has 0 radical (unpaired) electrons. The third-order valence-electron chi connectivity index (χ3n) is 1.72. The van der Waals surface area contributed by atoms with E-state index in [-0.39, 0.29) is 0 Å². The summed E-state index contributed by atoms with van der Waals surface area (Å²) in [5.41, 5.74) is 0. The minimum atomic E-state index is 0.631. The van der Waals surface area contributed by atoms with Crippen molar-refractivity contribution in [1.29, 1.82) is 0 Å². The van der Waals surface area contributed by atoms with E-state index in [1.165, 1.54) is 20.7 Å². The van der Waals surface area contributed by atoms with E-state index in [9.17, 15) is 4.39 Å². The summed E-state index contributed by atoms with van der Waals surface area (Å²) in [6, 6.07) is 1.83. The maximum Gasteiger partial charge on any atom is 0.109 e. The first-order valence-electron chi connectivity index (χ1n) is 5.10. The molecule has 1 rings (SSSR count). The van der Waals surface area contributed by atoms with Crippen molar-refractivity contribution < 1.29 is 4.39 Å². The highest BCUT2D eigenvalue weighted by Gasteiger charge is 1.89. The molecular weight excluding hydrogens is 176 g/mol. The summed E-state index contributed by atoms with van der Waals surface area (Å²) in [6.45, 7) is 2.17. The van der Waals surface area contributed by atoms with Crippen LogP contribution < -0.4 is 0 Å². The predicted octanol–water partition coefficient (Wildman–Crippen LogP) is 0.946. The summed E-state index contributed by atoms with van der Waals surface area (Å²) < 4.78 is 11.3. The van der Waals surface area contributed by atoms with E-state index in [0.29, 0.717) is 6.33 Å². The van der Waals surface area contributed by atoms with Gasteiger partial charge in [-0.25, -0.2) is 4.39 Å². The van der Waals surface area contributed by atoms with Crippen molar-refractivity contribution >= 4 is 21.6 Å². The van der Waals surface area contributed by atoms with Crippen LogP contribution >= 0.6 is 0 Å². The average molecular weight is 192 g/mol. The maximum absolute atomic E-state index is 11.3. The zero-order valence-corrected chi connectivity index (χ0v) is 8.75. The molecule has 0 unspecified atom stereocenters. The van der Waals surface area contributed by atoms with Crippen LogP contribution in [-0.2, 0) is 0 Å². The predicted molar refractivity (Wildman–Crippen MR) is 65.8 cm³/mol. The lowest BCUT2D eigenvalue weighted by molar-refractivity contribution is 0.719.